The molecule has 0 fully saturated rings. The minimum atomic E-state index is 0.499. The van der Waals surface area contributed by atoms with Crippen molar-refractivity contribution in [2.24, 2.45) is 0 Å². The minimum Gasteiger partial charge on any atom is -0.487 e. The van der Waals surface area contributed by atoms with E-state index in [9.17, 15) is 0 Å². The molecule has 1 aromatic carbocycles. The van der Waals surface area contributed by atoms with Gasteiger partial charge in [-0.25, -0.2) is 4.98 Å². The van der Waals surface area contributed by atoms with Crippen LogP contribution in [0.2, 0.25) is 0 Å². The molecule has 0 saturated carbocycles. The number of hydrogen-bond donors (Lipinski definition) is 1. The zero-order valence-corrected chi connectivity index (χ0v) is 13.4. The second kappa shape index (κ2) is 7.09. The van der Waals surface area contributed by atoms with Crippen molar-refractivity contribution >= 4 is 16.5 Å². The third-order valence-electron chi connectivity index (χ3n) is 3.03. The quantitative estimate of drug-likeness (QED) is 0.875. The molecule has 0 aliphatic carbocycles. The van der Waals surface area contributed by atoms with Crippen LogP contribution in [0.3, 0.4) is 0 Å². The Morgan fingerprint density at radius 2 is 2.05 bits per heavy atom. The number of anilines is 1. The van der Waals surface area contributed by atoms with Crippen LogP contribution >= 0.6 is 11.3 Å². The molecule has 4 nitrogen and oxygen atoms in total. The van der Waals surface area contributed by atoms with E-state index in [2.05, 4.69) is 23.3 Å². The van der Waals surface area contributed by atoms with Crippen LogP contribution in [0.15, 0.2) is 18.3 Å². The first-order chi connectivity index (χ1) is 10.1. The zero-order chi connectivity index (χ0) is 15.2. The monoisotopic (exact) mass is 301 g/mol. The van der Waals surface area contributed by atoms with Gasteiger partial charge in [0, 0.05) is 12.7 Å². The van der Waals surface area contributed by atoms with E-state index in [0.717, 1.165) is 39.9 Å². The van der Waals surface area contributed by atoms with Gasteiger partial charge in [0.15, 0.2) is 5.13 Å². The molecule has 1 aromatic heterocycles. The van der Waals surface area contributed by atoms with Crippen molar-refractivity contribution in [1.82, 2.24) is 4.98 Å². The maximum Gasteiger partial charge on any atom is 0.182 e. The summed E-state index contributed by atoms with van der Waals surface area (Å²) in [5, 5.41) is 13.2. The molecule has 1 N–H and O–H groups in total. The number of nitrogens with zero attached hydrogens (tertiary/aromatic N) is 2. The predicted octanol–water partition coefficient (Wildman–Crippen LogP) is 4.03. The second-order valence-corrected chi connectivity index (χ2v) is 6.01. The fraction of sp³-hybridized carbons (Fsp3) is 0.375. The molecular weight excluding hydrogens is 282 g/mol. The van der Waals surface area contributed by atoms with Gasteiger partial charge in [0.1, 0.15) is 12.4 Å². The van der Waals surface area contributed by atoms with Crippen LogP contribution in [0.1, 0.15) is 34.9 Å². The number of hydrogen-bond acceptors (Lipinski definition) is 5. The van der Waals surface area contributed by atoms with E-state index < -0.39 is 0 Å². The summed E-state index contributed by atoms with van der Waals surface area (Å²) in [4.78, 5) is 5.40. The van der Waals surface area contributed by atoms with E-state index in [1.54, 1.807) is 11.3 Å². The Morgan fingerprint density at radius 1 is 1.33 bits per heavy atom. The maximum atomic E-state index is 8.95. The molecule has 2 aromatic rings. The highest BCUT2D eigenvalue weighted by Gasteiger charge is 2.08. The Balaban J connectivity index is 2.03. The molecule has 0 aliphatic rings. The maximum absolute atomic E-state index is 8.95. The summed E-state index contributed by atoms with van der Waals surface area (Å²) in [7, 11) is 0. The molecule has 0 amide bonds. The largest absolute Gasteiger partial charge is 0.487 e. The van der Waals surface area contributed by atoms with Crippen molar-refractivity contribution < 1.29 is 4.74 Å². The normalized spacial score (nSPS) is 10.2. The molecule has 0 saturated heterocycles. The smallest absolute Gasteiger partial charge is 0.182 e. The van der Waals surface area contributed by atoms with Crippen LogP contribution in [0.4, 0.5) is 5.13 Å². The highest BCUT2D eigenvalue weighted by molar-refractivity contribution is 7.15. The molecule has 5 heteroatoms. The Hall–Kier alpha value is -2.06. The van der Waals surface area contributed by atoms with Gasteiger partial charge in [-0.05, 0) is 43.5 Å². The average Bonchev–Trinajstić information content (AvgIpc) is 2.91. The summed E-state index contributed by atoms with van der Waals surface area (Å²) in [6, 6.07) is 5.86. The molecule has 21 heavy (non-hydrogen) atoms. The molecule has 1 heterocycles. The number of nitrogens with one attached hydrogen (secondary N) is 1. The van der Waals surface area contributed by atoms with Crippen LogP contribution in [0, 0.1) is 25.2 Å². The van der Waals surface area contributed by atoms with E-state index in [0.29, 0.717) is 12.2 Å². The number of nitriles is 1. The van der Waals surface area contributed by atoms with Gasteiger partial charge in [-0.2, -0.15) is 5.26 Å². The Kier molecular flexibility index (Phi) is 5.18. The SMILES string of the molecule is CCCNc1ncc(COc2c(C)cc(C#N)cc2C)s1. The fourth-order valence-electron chi connectivity index (χ4n) is 2.07. The van der Waals surface area contributed by atoms with Crippen molar-refractivity contribution in [3.63, 3.8) is 0 Å². The van der Waals surface area contributed by atoms with E-state index in [1.807, 2.05) is 32.2 Å². The summed E-state index contributed by atoms with van der Waals surface area (Å²) in [6.07, 6.45) is 2.92. The Bertz CT molecular complexity index is 635. The number of ether oxygens (including phenoxy) is 1. The standard InChI is InChI=1S/C16H19N3OS/c1-4-5-18-16-19-9-14(21-16)10-20-15-11(2)6-13(8-17)7-12(15)3/h6-7,9H,4-5,10H2,1-3H3,(H,18,19). The molecule has 2 rings (SSSR count). The second-order valence-electron chi connectivity index (χ2n) is 4.90. The van der Waals surface area contributed by atoms with Crippen LogP contribution in [-0.4, -0.2) is 11.5 Å². The number of rotatable bonds is 6. The van der Waals surface area contributed by atoms with Crippen molar-refractivity contribution in [2.45, 2.75) is 33.8 Å². The van der Waals surface area contributed by atoms with Gasteiger partial charge >= 0.3 is 0 Å². The number of aryl methyl sites for hydroxylation is 2. The average molecular weight is 301 g/mol. The summed E-state index contributed by atoms with van der Waals surface area (Å²) in [5.41, 5.74) is 2.64. The zero-order valence-electron chi connectivity index (χ0n) is 12.6. The number of benzene rings is 1. The lowest BCUT2D eigenvalue weighted by Crippen LogP contribution is -1.98. The molecular formula is C16H19N3OS. The van der Waals surface area contributed by atoms with Gasteiger partial charge in [0.2, 0.25) is 0 Å². The highest BCUT2D eigenvalue weighted by atomic mass is 32.1. The first-order valence-electron chi connectivity index (χ1n) is 6.96. The van der Waals surface area contributed by atoms with E-state index in [-0.39, 0.29) is 0 Å². The van der Waals surface area contributed by atoms with Crippen molar-refractivity contribution in [3.8, 4) is 11.8 Å². The predicted molar refractivity (Wildman–Crippen MR) is 85.9 cm³/mol. The first-order valence-corrected chi connectivity index (χ1v) is 7.78. The molecule has 0 unspecified atom stereocenters. The third-order valence-corrected chi connectivity index (χ3v) is 3.96. The molecule has 0 spiro atoms. The molecule has 0 bridgehead atoms. The third kappa shape index (κ3) is 3.96. The van der Waals surface area contributed by atoms with Crippen LogP contribution in [0.5, 0.6) is 5.75 Å². The summed E-state index contributed by atoms with van der Waals surface area (Å²) < 4.78 is 5.90. The van der Waals surface area contributed by atoms with Crippen LogP contribution < -0.4 is 10.1 Å². The van der Waals surface area contributed by atoms with E-state index >= 15 is 0 Å². The summed E-state index contributed by atoms with van der Waals surface area (Å²) >= 11 is 1.61. The lowest BCUT2D eigenvalue weighted by Gasteiger charge is -2.11. The summed E-state index contributed by atoms with van der Waals surface area (Å²) in [5.74, 6) is 0.852. The number of aromatic nitrogens is 1. The van der Waals surface area contributed by atoms with Gasteiger partial charge < -0.3 is 10.1 Å². The minimum absolute atomic E-state index is 0.499. The van der Waals surface area contributed by atoms with Gasteiger partial charge in [-0.15, -0.1) is 0 Å². The Labute approximate surface area is 129 Å². The van der Waals surface area contributed by atoms with Gasteiger partial charge in [-0.3, -0.25) is 0 Å². The first kappa shape index (κ1) is 15.3. The molecule has 0 atom stereocenters. The summed E-state index contributed by atoms with van der Waals surface area (Å²) in [6.45, 7) is 7.48. The van der Waals surface area contributed by atoms with Gasteiger partial charge in [-0.1, -0.05) is 18.3 Å². The van der Waals surface area contributed by atoms with Gasteiger partial charge in [0.25, 0.3) is 0 Å². The van der Waals surface area contributed by atoms with E-state index in [1.165, 1.54) is 0 Å². The van der Waals surface area contributed by atoms with Crippen molar-refractivity contribution in [2.75, 3.05) is 11.9 Å². The van der Waals surface area contributed by atoms with Gasteiger partial charge in [0.05, 0.1) is 16.5 Å². The molecule has 0 aliphatic heterocycles. The Morgan fingerprint density at radius 3 is 2.67 bits per heavy atom. The topological polar surface area (TPSA) is 57.9 Å². The number of thiazole rings is 1. The van der Waals surface area contributed by atoms with Crippen molar-refractivity contribution in [1.29, 1.82) is 5.26 Å². The van der Waals surface area contributed by atoms with Crippen LogP contribution in [-0.2, 0) is 6.61 Å². The van der Waals surface area contributed by atoms with Crippen LogP contribution in [0.25, 0.3) is 0 Å². The fourth-order valence-corrected chi connectivity index (χ4v) is 2.82. The lowest BCUT2D eigenvalue weighted by atomic mass is 10.1. The molecule has 110 valence electrons. The molecule has 0 radical (unpaired) electrons. The van der Waals surface area contributed by atoms with E-state index in [4.69, 9.17) is 10.00 Å². The lowest BCUT2D eigenvalue weighted by molar-refractivity contribution is 0.305. The highest BCUT2D eigenvalue weighted by Crippen LogP contribution is 2.27. The van der Waals surface area contributed by atoms with Crippen molar-refractivity contribution in [3.05, 3.63) is 39.9 Å².